The second kappa shape index (κ2) is 8.83. The average Bonchev–Trinajstić information content (AvgIpc) is 3.35. The summed E-state index contributed by atoms with van der Waals surface area (Å²) in [7, 11) is -1.71. The van der Waals surface area contributed by atoms with Crippen molar-refractivity contribution >= 4 is 16.0 Å². The van der Waals surface area contributed by atoms with Crippen LogP contribution in [0.5, 0.6) is 0 Å². The maximum atomic E-state index is 12.4. The predicted molar refractivity (Wildman–Crippen MR) is 102 cm³/mol. The van der Waals surface area contributed by atoms with Crippen LogP contribution in [-0.4, -0.2) is 58.7 Å². The number of likely N-dealkylation sites (tertiary alicyclic amines) is 1. The Hall–Kier alpha value is -1.64. The molecule has 1 aromatic rings. The van der Waals surface area contributed by atoms with Gasteiger partial charge >= 0.3 is 0 Å². The van der Waals surface area contributed by atoms with Gasteiger partial charge in [0.25, 0.3) is 0 Å². The molecule has 0 amide bonds. The minimum absolute atomic E-state index is 0.00872. The van der Waals surface area contributed by atoms with Crippen LogP contribution in [0.2, 0.25) is 0 Å². The van der Waals surface area contributed by atoms with Crippen molar-refractivity contribution in [1.82, 2.24) is 14.9 Å². The van der Waals surface area contributed by atoms with E-state index in [1.54, 1.807) is 19.2 Å². The Kier molecular flexibility index (Phi) is 6.50. The Morgan fingerprint density at radius 3 is 2.58 bits per heavy atom. The predicted octanol–water partition coefficient (Wildman–Crippen LogP) is 1.32. The fourth-order valence-corrected chi connectivity index (χ4v) is 4.39. The number of benzene rings is 1. The van der Waals surface area contributed by atoms with E-state index >= 15 is 0 Å². The number of guanidine groups is 1. The summed E-state index contributed by atoms with van der Waals surface area (Å²) < 4.78 is 32.9. The van der Waals surface area contributed by atoms with Gasteiger partial charge in [0.15, 0.2) is 5.96 Å². The van der Waals surface area contributed by atoms with Gasteiger partial charge in [-0.25, -0.2) is 13.1 Å². The van der Waals surface area contributed by atoms with E-state index in [0.717, 1.165) is 37.5 Å². The van der Waals surface area contributed by atoms with Crippen molar-refractivity contribution in [2.24, 2.45) is 4.99 Å². The molecule has 2 heterocycles. The van der Waals surface area contributed by atoms with Crippen molar-refractivity contribution in [3.63, 3.8) is 0 Å². The number of rotatable bonds is 6. The summed E-state index contributed by atoms with van der Waals surface area (Å²) in [6.07, 6.45) is 4.30. The maximum absolute atomic E-state index is 12.4. The van der Waals surface area contributed by atoms with E-state index in [4.69, 9.17) is 4.74 Å². The molecular weight excluding hydrogens is 352 g/mol. The van der Waals surface area contributed by atoms with Gasteiger partial charge in [0.05, 0.1) is 11.0 Å². The number of nitrogens with zero attached hydrogens (tertiary/aromatic N) is 2. The molecular formula is C18H28N4O3S. The maximum Gasteiger partial charge on any atom is 0.240 e. The third kappa shape index (κ3) is 4.96. The van der Waals surface area contributed by atoms with E-state index in [-0.39, 0.29) is 11.0 Å². The van der Waals surface area contributed by atoms with Crippen LogP contribution in [0.15, 0.2) is 34.2 Å². The van der Waals surface area contributed by atoms with Crippen molar-refractivity contribution < 1.29 is 13.2 Å². The van der Waals surface area contributed by atoms with Gasteiger partial charge < -0.3 is 15.0 Å². The highest BCUT2D eigenvalue weighted by molar-refractivity contribution is 7.89. The standard InChI is InChI=1S/C18H28N4O3S/c1-19-18(22-10-2-3-11-22)20-13-15-6-8-17(9-7-15)26(23,24)21-14-16-5-4-12-25-16/h6-9,16,21H,2-5,10-14H2,1H3,(H,19,20). The largest absolute Gasteiger partial charge is 0.377 e. The van der Waals surface area contributed by atoms with Crippen LogP contribution < -0.4 is 10.0 Å². The Morgan fingerprint density at radius 2 is 1.96 bits per heavy atom. The van der Waals surface area contributed by atoms with E-state index in [9.17, 15) is 8.42 Å². The molecule has 2 N–H and O–H groups in total. The molecule has 1 atom stereocenters. The molecule has 26 heavy (non-hydrogen) atoms. The van der Waals surface area contributed by atoms with Gasteiger partial charge in [-0.2, -0.15) is 0 Å². The number of ether oxygens (including phenoxy) is 1. The molecule has 2 aliphatic heterocycles. The summed E-state index contributed by atoms with van der Waals surface area (Å²) in [4.78, 5) is 6.84. The van der Waals surface area contributed by atoms with Crippen molar-refractivity contribution in [2.45, 2.75) is 43.2 Å². The highest BCUT2D eigenvalue weighted by atomic mass is 32.2. The lowest BCUT2D eigenvalue weighted by Gasteiger charge is -2.20. The molecule has 0 bridgehead atoms. The van der Waals surface area contributed by atoms with Crippen LogP contribution in [0.4, 0.5) is 0 Å². The number of sulfonamides is 1. The molecule has 1 unspecified atom stereocenters. The van der Waals surface area contributed by atoms with Crippen LogP contribution in [0.3, 0.4) is 0 Å². The topological polar surface area (TPSA) is 83.0 Å². The summed E-state index contributed by atoms with van der Waals surface area (Å²) >= 11 is 0. The Labute approximate surface area is 155 Å². The van der Waals surface area contributed by atoms with Gasteiger partial charge in [0, 0.05) is 39.8 Å². The first kappa shape index (κ1) is 19.1. The normalized spacial score (nSPS) is 21.3. The fourth-order valence-electron chi connectivity index (χ4n) is 3.32. The van der Waals surface area contributed by atoms with E-state index in [2.05, 4.69) is 19.9 Å². The molecule has 0 spiro atoms. The lowest BCUT2D eigenvalue weighted by Crippen LogP contribution is -2.39. The number of hydrogen-bond donors (Lipinski definition) is 2. The van der Waals surface area contributed by atoms with Gasteiger partial charge in [-0.15, -0.1) is 0 Å². The highest BCUT2D eigenvalue weighted by Gasteiger charge is 2.20. The number of aliphatic imine (C=N–C) groups is 1. The smallest absolute Gasteiger partial charge is 0.240 e. The van der Waals surface area contributed by atoms with Crippen LogP contribution in [0.25, 0.3) is 0 Å². The monoisotopic (exact) mass is 380 g/mol. The zero-order chi connectivity index (χ0) is 18.4. The minimum atomic E-state index is -3.50. The van der Waals surface area contributed by atoms with Gasteiger partial charge in [0.2, 0.25) is 10.0 Å². The lowest BCUT2D eigenvalue weighted by atomic mass is 10.2. The van der Waals surface area contributed by atoms with Crippen LogP contribution >= 0.6 is 0 Å². The number of nitrogens with one attached hydrogen (secondary N) is 2. The third-order valence-corrected chi connectivity index (χ3v) is 6.27. The zero-order valence-electron chi connectivity index (χ0n) is 15.3. The molecule has 0 radical (unpaired) electrons. The molecule has 2 saturated heterocycles. The van der Waals surface area contributed by atoms with Gasteiger partial charge in [-0.3, -0.25) is 4.99 Å². The van der Waals surface area contributed by atoms with Crippen molar-refractivity contribution in [2.75, 3.05) is 33.3 Å². The zero-order valence-corrected chi connectivity index (χ0v) is 16.1. The fraction of sp³-hybridized carbons (Fsp3) is 0.611. The highest BCUT2D eigenvalue weighted by Crippen LogP contribution is 2.14. The lowest BCUT2D eigenvalue weighted by molar-refractivity contribution is 0.114. The van der Waals surface area contributed by atoms with E-state index < -0.39 is 10.0 Å². The second-order valence-electron chi connectivity index (χ2n) is 6.73. The van der Waals surface area contributed by atoms with Gasteiger partial charge in [-0.05, 0) is 43.4 Å². The quantitative estimate of drug-likeness (QED) is 0.574. The first-order valence-electron chi connectivity index (χ1n) is 9.24. The molecule has 3 rings (SSSR count). The third-order valence-electron chi connectivity index (χ3n) is 4.83. The van der Waals surface area contributed by atoms with Crippen molar-refractivity contribution in [3.8, 4) is 0 Å². The molecule has 2 aliphatic rings. The van der Waals surface area contributed by atoms with E-state index in [1.165, 1.54) is 12.8 Å². The summed E-state index contributed by atoms with van der Waals surface area (Å²) in [6.45, 7) is 3.74. The Morgan fingerprint density at radius 1 is 1.23 bits per heavy atom. The van der Waals surface area contributed by atoms with E-state index in [0.29, 0.717) is 19.7 Å². The van der Waals surface area contributed by atoms with Gasteiger partial charge in [0.1, 0.15) is 0 Å². The molecule has 7 nitrogen and oxygen atoms in total. The van der Waals surface area contributed by atoms with Crippen LogP contribution in [0, 0.1) is 0 Å². The van der Waals surface area contributed by atoms with Gasteiger partial charge in [-0.1, -0.05) is 12.1 Å². The summed E-state index contributed by atoms with van der Waals surface area (Å²) in [5, 5.41) is 3.34. The molecule has 0 aromatic heterocycles. The molecule has 1 aromatic carbocycles. The van der Waals surface area contributed by atoms with Crippen LogP contribution in [0.1, 0.15) is 31.2 Å². The van der Waals surface area contributed by atoms with Crippen molar-refractivity contribution in [3.05, 3.63) is 29.8 Å². The molecule has 0 aliphatic carbocycles. The summed E-state index contributed by atoms with van der Waals surface area (Å²) in [5.74, 6) is 0.900. The van der Waals surface area contributed by atoms with Crippen LogP contribution in [-0.2, 0) is 21.3 Å². The Balaban J connectivity index is 1.53. The molecule has 144 valence electrons. The first-order chi connectivity index (χ1) is 12.6. The Bertz CT molecular complexity index is 706. The second-order valence-corrected chi connectivity index (χ2v) is 8.49. The molecule has 0 saturated carbocycles. The molecule has 8 heteroatoms. The minimum Gasteiger partial charge on any atom is -0.377 e. The number of hydrogen-bond acceptors (Lipinski definition) is 4. The SMILES string of the molecule is CN=C(NCc1ccc(S(=O)(=O)NCC2CCCO2)cc1)N1CCCC1. The summed E-state index contributed by atoms with van der Waals surface area (Å²) in [6, 6.07) is 6.97. The van der Waals surface area contributed by atoms with E-state index in [1.807, 2.05) is 12.1 Å². The molecule has 2 fully saturated rings. The average molecular weight is 381 g/mol. The van der Waals surface area contributed by atoms with Crippen molar-refractivity contribution in [1.29, 1.82) is 0 Å². The summed E-state index contributed by atoms with van der Waals surface area (Å²) in [5.41, 5.74) is 1.02. The first-order valence-corrected chi connectivity index (χ1v) is 10.7.